The fraction of sp³-hybridized carbons (Fsp3) is 0.400. The monoisotopic (exact) mass is 522 g/mol. The highest BCUT2D eigenvalue weighted by atomic mass is 127. The fourth-order valence-electron chi connectivity index (χ4n) is 2.51. The second kappa shape index (κ2) is 12.5. The topological polar surface area (TPSA) is 58.5 Å². The molecule has 1 heterocycles. The first-order valence-electron chi connectivity index (χ1n) is 9.01. The molecule has 0 aliphatic heterocycles. The average Bonchev–Trinajstić information content (AvgIpc) is 2.68. The molecule has 5 nitrogen and oxygen atoms in total. The Balaban J connectivity index is 0.00000420. The molecule has 0 spiro atoms. The summed E-state index contributed by atoms with van der Waals surface area (Å²) in [5.74, 6) is 0.561. The van der Waals surface area contributed by atoms with Gasteiger partial charge in [-0.25, -0.2) is 4.98 Å². The molecule has 160 valence electrons. The second-order valence-corrected chi connectivity index (χ2v) is 6.40. The molecule has 2 aromatic rings. The van der Waals surface area contributed by atoms with Crippen LogP contribution in [0.25, 0.3) is 0 Å². The molecule has 9 heteroatoms. The molecule has 1 aromatic carbocycles. The number of nitrogens with one attached hydrogen (secondary N) is 2. The summed E-state index contributed by atoms with van der Waals surface area (Å²) in [6.07, 6.45) is -1.08. The number of aromatic nitrogens is 1. The van der Waals surface area contributed by atoms with Crippen molar-refractivity contribution in [2.75, 3.05) is 13.7 Å². The molecule has 0 radical (unpaired) electrons. The fourth-order valence-corrected chi connectivity index (χ4v) is 2.51. The largest absolute Gasteiger partial charge is 0.468 e. The maximum absolute atomic E-state index is 12.2. The lowest BCUT2D eigenvalue weighted by atomic mass is 10.1. The number of nitrogens with zero attached hydrogens (tertiary/aromatic N) is 2. The lowest BCUT2D eigenvalue weighted by Crippen LogP contribution is -2.42. The van der Waals surface area contributed by atoms with Crippen molar-refractivity contribution >= 4 is 29.9 Å². The van der Waals surface area contributed by atoms with Crippen LogP contribution < -0.4 is 15.4 Å². The molecule has 1 aromatic heterocycles. The van der Waals surface area contributed by atoms with Gasteiger partial charge in [-0.1, -0.05) is 30.3 Å². The van der Waals surface area contributed by atoms with Crippen molar-refractivity contribution in [1.29, 1.82) is 0 Å². The summed E-state index contributed by atoms with van der Waals surface area (Å²) in [7, 11) is 1.67. The van der Waals surface area contributed by atoms with E-state index in [1.54, 1.807) is 13.1 Å². The Bertz CT molecular complexity index is 757. The number of benzene rings is 1. The third-order valence-corrected chi connectivity index (χ3v) is 3.96. The molecule has 0 fully saturated rings. The van der Waals surface area contributed by atoms with E-state index in [9.17, 15) is 13.2 Å². The standard InChI is InChI=1S/C20H25F3N4O.HI/c1-15(8-9-16-6-4-3-5-7-16)27-19(24-2)26-13-17-10-11-25-18(12-17)28-14-20(21,22)23;/h3-7,10-12,15H,8-9,13-14H2,1-2H3,(H2,24,26,27);1H. The second-order valence-electron chi connectivity index (χ2n) is 6.40. The minimum Gasteiger partial charge on any atom is -0.468 e. The smallest absolute Gasteiger partial charge is 0.422 e. The SMILES string of the molecule is CN=C(NCc1ccnc(OCC(F)(F)F)c1)NC(C)CCc1ccccc1.I. The lowest BCUT2D eigenvalue weighted by Gasteiger charge is -2.18. The normalized spacial score (nSPS) is 12.7. The Hall–Kier alpha value is -2.04. The molecule has 2 N–H and O–H groups in total. The van der Waals surface area contributed by atoms with E-state index >= 15 is 0 Å². The Morgan fingerprint density at radius 3 is 2.55 bits per heavy atom. The summed E-state index contributed by atoms with van der Waals surface area (Å²) in [4.78, 5) is 7.98. The molecular formula is C20H26F3IN4O. The molecule has 0 bridgehead atoms. The first-order chi connectivity index (χ1) is 13.4. The summed E-state index contributed by atoms with van der Waals surface area (Å²) in [5, 5.41) is 6.46. The van der Waals surface area contributed by atoms with Crippen LogP contribution in [0.5, 0.6) is 5.88 Å². The highest BCUT2D eigenvalue weighted by Crippen LogP contribution is 2.17. The van der Waals surface area contributed by atoms with Crippen LogP contribution in [0.4, 0.5) is 13.2 Å². The van der Waals surface area contributed by atoms with E-state index in [1.165, 1.54) is 17.8 Å². The highest BCUT2D eigenvalue weighted by Gasteiger charge is 2.28. The third kappa shape index (κ3) is 10.3. The van der Waals surface area contributed by atoms with Crippen molar-refractivity contribution in [2.24, 2.45) is 4.99 Å². The molecule has 2 rings (SSSR count). The number of pyridine rings is 1. The zero-order valence-corrected chi connectivity index (χ0v) is 18.7. The number of hydrogen-bond donors (Lipinski definition) is 2. The Morgan fingerprint density at radius 2 is 1.90 bits per heavy atom. The summed E-state index contributed by atoms with van der Waals surface area (Å²) in [6, 6.07) is 13.6. The minimum atomic E-state index is -4.39. The van der Waals surface area contributed by atoms with Crippen molar-refractivity contribution in [2.45, 2.75) is 38.5 Å². The third-order valence-electron chi connectivity index (χ3n) is 3.96. The average molecular weight is 522 g/mol. The Morgan fingerprint density at radius 1 is 1.17 bits per heavy atom. The van der Waals surface area contributed by atoms with Gasteiger partial charge in [0.15, 0.2) is 12.6 Å². The number of rotatable bonds is 8. The summed E-state index contributed by atoms with van der Waals surface area (Å²) < 4.78 is 41.4. The van der Waals surface area contributed by atoms with Gasteiger partial charge in [-0.15, -0.1) is 24.0 Å². The molecular weight excluding hydrogens is 496 g/mol. The van der Waals surface area contributed by atoms with Crippen LogP contribution >= 0.6 is 24.0 Å². The molecule has 0 amide bonds. The minimum absolute atomic E-state index is 0. The molecule has 0 aliphatic carbocycles. The van der Waals surface area contributed by atoms with Crippen LogP contribution in [0.3, 0.4) is 0 Å². The summed E-state index contributed by atoms with van der Waals surface area (Å²) in [6.45, 7) is 1.10. The number of alkyl halides is 3. The number of guanidine groups is 1. The van der Waals surface area contributed by atoms with Crippen LogP contribution in [0.2, 0.25) is 0 Å². The van der Waals surface area contributed by atoms with Gasteiger partial charge in [-0.05, 0) is 37.0 Å². The quantitative estimate of drug-likeness (QED) is 0.308. The van der Waals surface area contributed by atoms with Gasteiger partial charge in [0.1, 0.15) is 0 Å². The molecule has 1 atom stereocenters. The van der Waals surface area contributed by atoms with E-state index in [2.05, 4.69) is 44.4 Å². The van der Waals surface area contributed by atoms with Crippen LogP contribution in [0.1, 0.15) is 24.5 Å². The van der Waals surface area contributed by atoms with Crippen molar-refractivity contribution in [1.82, 2.24) is 15.6 Å². The van der Waals surface area contributed by atoms with Gasteiger partial charge in [0.25, 0.3) is 0 Å². The van der Waals surface area contributed by atoms with E-state index in [0.717, 1.165) is 18.4 Å². The van der Waals surface area contributed by atoms with E-state index < -0.39 is 12.8 Å². The van der Waals surface area contributed by atoms with Crippen LogP contribution in [-0.2, 0) is 13.0 Å². The molecule has 0 saturated carbocycles. The van der Waals surface area contributed by atoms with Crippen molar-refractivity contribution in [3.8, 4) is 5.88 Å². The summed E-state index contributed by atoms with van der Waals surface area (Å²) >= 11 is 0. The van der Waals surface area contributed by atoms with Crippen LogP contribution in [-0.4, -0.2) is 36.8 Å². The molecule has 1 unspecified atom stereocenters. The highest BCUT2D eigenvalue weighted by molar-refractivity contribution is 14.0. The van der Waals surface area contributed by atoms with E-state index in [-0.39, 0.29) is 35.9 Å². The van der Waals surface area contributed by atoms with Crippen LogP contribution in [0, 0.1) is 0 Å². The maximum atomic E-state index is 12.2. The Labute approximate surface area is 186 Å². The maximum Gasteiger partial charge on any atom is 0.422 e. The molecule has 29 heavy (non-hydrogen) atoms. The van der Waals surface area contributed by atoms with E-state index in [4.69, 9.17) is 0 Å². The van der Waals surface area contributed by atoms with Crippen molar-refractivity contribution < 1.29 is 17.9 Å². The first-order valence-corrected chi connectivity index (χ1v) is 9.01. The summed E-state index contributed by atoms with van der Waals surface area (Å²) in [5.41, 5.74) is 2.02. The van der Waals surface area contributed by atoms with Crippen molar-refractivity contribution in [3.05, 3.63) is 59.8 Å². The number of ether oxygens (including phenoxy) is 1. The number of aliphatic imine (C=N–C) groups is 1. The predicted molar refractivity (Wildman–Crippen MR) is 119 cm³/mol. The van der Waals surface area contributed by atoms with Gasteiger partial charge in [0, 0.05) is 31.9 Å². The number of halogens is 4. The zero-order valence-electron chi connectivity index (χ0n) is 16.4. The predicted octanol–water partition coefficient (Wildman–Crippen LogP) is 4.33. The van der Waals surface area contributed by atoms with E-state index in [0.29, 0.717) is 12.5 Å². The van der Waals surface area contributed by atoms with Gasteiger partial charge >= 0.3 is 6.18 Å². The molecule has 0 aliphatic rings. The number of hydrogen-bond acceptors (Lipinski definition) is 3. The number of aryl methyl sites for hydroxylation is 1. The van der Waals surface area contributed by atoms with Gasteiger partial charge < -0.3 is 15.4 Å². The van der Waals surface area contributed by atoms with Crippen molar-refractivity contribution in [3.63, 3.8) is 0 Å². The van der Waals surface area contributed by atoms with Gasteiger partial charge in [0.2, 0.25) is 5.88 Å². The zero-order chi connectivity index (χ0) is 20.4. The lowest BCUT2D eigenvalue weighted by molar-refractivity contribution is -0.154. The first kappa shape index (κ1) is 25.0. The van der Waals surface area contributed by atoms with Gasteiger partial charge in [-0.2, -0.15) is 13.2 Å². The van der Waals surface area contributed by atoms with Gasteiger partial charge in [-0.3, -0.25) is 4.99 Å². The van der Waals surface area contributed by atoms with E-state index in [1.807, 2.05) is 18.2 Å². The van der Waals surface area contributed by atoms with Crippen LogP contribution in [0.15, 0.2) is 53.7 Å². The Kier molecular flexibility index (Phi) is 10.8. The molecule has 0 saturated heterocycles. The van der Waals surface area contributed by atoms with Gasteiger partial charge in [0.05, 0.1) is 0 Å².